The smallest absolute Gasteiger partial charge is 0.323 e. The zero-order valence-electron chi connectivity index (χ0n) is 13.6. The lowest BCUT2D eigenvalue weighted by atomic mass is 10.0. The molecule has 8 heteroatoms. The Morgan fingerprint density at radius 2 is 1.88 bits per heavy atom. The van der Waals surface area contributed by atoms with E-state index in [0.717, 1.165) is 5.56 Å². The predicted molar refractivity (Wildman–Crippen MR) is 92.6 cm³/mol. The van der Waals surface area contributed by atoms with Crippen molar-refractivity contribution in [2.45, 2.75) is 19.9 Å². The Hall–Kier alpha value is -3.42. The molecular formula is C17H16N4O4. The maximum Gasteiger partial charge on any atom is 0.323 e. The lowest BCUT2D eigenvalue weighted by molar-refractivity contribution is -0.384. The summed E-state index contributed by atoms with van der Waals surface area (Å²) in [4.78, 5) is 39.4. The highest BCUT2D eigenvalue weighted by molar-refractivity contribution is 5.96. The molecule has 1 amide bonds. The normalized spacial score (nSPS) is 12.1. The number of nitrogens with zero attached hydrogens (tertiary/aromatic N) is 1. The van der Waals surface area contributed by atoms with Gasteiger partial charge in [-0.3, -0.25) is 14.9 Å². The van der Waals surface area contributed by atoms with Gasteiger partial charge in [-0.2, -0.15) is 0 Å². The Balaban J connectivity index is 1.81. The molecule has 25 heavy (non-hydrogen) atoms. The second-order valence-electron chi connectivity index (χ2n) is 5.84. The Kier molecular flexibility index (Phi) is 4.10. The summed E-state index contributed by atoms with van der Waals surface area (Å²) in [6.07, 6.45) is 0. The Morgan fingerprint density at radius 3 is 2.56 bits per heavy atom. The molecule has 0 aliphatic carbocycles. The summed E-state index contributed by atoms with van der Waals surface area (Å²) in [5, 5.41) is 13.6. The van der Waals surface area contributed by atoms with Crippen LogP contribution in [0.1, 0.15) is 34.5 Å². The molecule has 1 aromatic heterocycles. The van der Waals surface area contributed by atoms with Crippen molar-refractivity contribution < 1.29 is 9.72 Å². The highest BCUT2D eigenvalue weighted by atomic mass is 16.6. The van der Waals surface area contributed by atoms with Crippen LogP contribution in [0.3, 0.4) is 0 Å². The number of H-pyrrole nitrogens is 2. The van der Waals surface area contributed by atoms with Gasteiger partial charge in [0.15, 0.2) is 0 Å². The number of nitrogens with one attached hydrogen (secondary N) is 3. The van der Waals surface area contributed by atoms with Crippen molar-refractivity contribution in [3.05, 3.63) is 73.7 Å². The number of aromatic amines is 2. The number of benzene rings is 2. The van der Waals surface area contributed by atoms with Crippen molar-refractivity contribution in [1.82, 2.24) is 15.3 Å². The highest BCUT2D eigenvalue weighted by Crippen LogP contribution is 2.20. The molecule has 3 rings (SSSR count). The topological polar surface area (TPSA) is 121 Å². The molecule has 0 aliphatic heterocycles. The van der Waals surface area contributed by atoms with E-state index in [-0.39, 0.29) is 23.3 Å². The van der Waals surface area contributed by atoms with Crippen molar-refractivity contribution >= 4 is 22.6 Å². The van der Waals surface area contributed by atoms with Gasteiger partial charge in [0.05, 0.1) is 22.0 Å². The van der Waals surface area contributed by atoms with Crippen LogP contribution >= 0.6 is 0 Å². The Labute approximate surface area is 142 Å². The van der Waals surface area contributed by atoms with Crippen LogP contribution in [-0.4, -0.2) is 20.8 Å². The van der Waals surface area contributed by atoms with E-state index in [0.29, 0.717) is 22.2 Å². The van der Waals surface area contributed by atoms with E-state index in [2.05, 4.69) is 15.3 Å². The minimum atomic E-state index is -0.496. The van der Waals surface area contributed by atoms with Crippen LogP contribution < -0.4 is 11.0 Å². The number of carbonyl (C=O) groups excluding carboxylic acids is 1. The number of non-ortho nitro benzene ring substituents is 1. The van der Waals surface area contributed by atoms with Crippen LogP contribution in [-0.2, 0) is 0 Å². The minimum Gasteiger partial charge on any atom is -0.346 e. The van der Waals surface area contributed by atoms with Crippen molar-refractivity contribution in [2.75, 3.05) is 0 Å². The van der Waals surface area contributed by atoms with E-state index in [1.807, 2.05) is 13.0 Å². The molecule has 0 saturated heterocycles. The van der Waals surface area contributed by atoms with Gasteiger partial charge in [-0.1, -0.05) is 6.07 Å². The average molecular weight is 340 g/mol. The van der Waals surface area contributed by atoms with Crippen LogP contribution in [0.25, 0.3) is 11.0 Å². The first kappa shape index (κ1) is 16.4. The summed E-state index contributed by atoms with van der Waals surface area (Å²) in [6.45, 7) is 3.48. The molecule has 1 atom stereocenters. The second kappa shape index (κ2) is 6.23. The zero-order chi connectivity index (χ0) is 18.1. The molecule has 0 saturated carbocycles. The molecule has 0 aliphatic rings. The number of aryl methyl sites for hydroxylation is 1. The number of fused-ring (bicyclic) bond motifs is 1. The van der Waals surface area contributed by atoms with Crippen molar-refractivity contribution in [3.8, 4) is 0 Å². The van der Waals surface area contributed by atoms with Gasteiger partial charge in [-0.05, 0) is 43.2 Å². The molecule has 128 valence electrons. The highest BCUT2D eigenvalue weighted by Gasteiger charge is 2.16. The molecule has 1 unspecified atom stereocenters. The van der Waals surface area contributed by atoms with Gasteiger partial charge in [0.25, 0.3) is 11.6 Å². The molecule has 1 heterocycles. The number of imidazole rings is 1. The van der Waals surface area contributed by atoms with Gasteiger partial charge in [-0.15, -0.1) is 0 Å². The summed E-state index contributed by atoms with van der Waals surface area (Å²) >= 11 is 0. The number of nitro benzene ring substituents is 1. The number of nitro groups is 1. The maximum atomic E-state index is 12.5. The van der Waals surface area contributed by atoms with Gasteiger partial charge < -0.3 is 15.3 Å². The van der Waals surface area contributed by atoms with E-state index in [4.69, 9.17) is 0 Å². The maximum absolute atomic E-state index is 12.5. The summed E-state index contributed by atoms with van der Waals surface area (Å²) in [7, 11) is 0. The molecule has 0 spiro atoms. The van der Waals surface area contributed by atoms with E-state index < -0.39 is 4.92 Å². The number of carbonyl (C=O) groups is 1. The number of aromatic nitrogens is 2. The van der Waals surface area contributed by atoms with E-state index in [9.17, 15) is 19.7 Å². The second-order valence-corrected chi connectivity index (χ2v) is 5.84. The lowest BCUT2D eigenvalue weighted by Gasteiger charge is -2.15. The van der Waals surface area contributed by atoms with Gasteiger partial charge in [0, 0.05) is 17.7 Å². The van der Waals surface area contributed by atoms with Crippen LogP contribution in [0, 0.1) is 17.0 Å². The summed E-state index contributed by atoms with van der Waals surface area (Å²) in [5.41, 5.74) is 2.76. The zero-order valence-corrected chi connectivity index (χ0v) is 13.6. The summed E-state index contributed by atoms with van der Waals surface area (Å²) < 4.78 is 0. The number of hydrogen-bond donors (Lipinski definition) is 3. The molecule has 3 N–H and O–H groups in total. The van der Waals surface area contributed by atoms with E-state index >= 15 is 0 Å². The first-order valence-corrected chi connectivity index (χ1v) is 7.63. The molecule has 0 bridgehead atoms. The third kappa shape index (κ3) is 3.27. The first-order chi connectivity index (χ1) is 11.8. The fourth-order valence-electron chi connectivity index (χ4n) is 2.69. The number of rotatable bonds is 4. The van der Waals surface area contributed by atoms with Crippen molar-refractivity contribution in [2.24, 2.45) is 0 Å². The third-order valence-corrected chi connectivity index (χ3v) is 4.05. The van der Waals surface area contributed by atoms with Gasteiger partial charge in [-0.25, -0.2) is 4.79 Å². The summed E-state index contributed by atoms with van der Waals surface area (Å²) in [5.74, 6) is -0.317. The van der Waals surface area contributed by atoms with Crippen molar-refractivity contribution in [3.63, 3.8) is 0 Å². The molecule has 3 aromatic rings. The van der Waals surface area contributed by atoms with Crippen LogP contribution in [0.2, 0.25) is 0 Å². The van der Waals surface area contributed by atoms with E-state index in [1.54, 1.807) is 19.1 Å². The fraction of sp³-hybridized carbons (Fsp3) is 0.176. The predicted octanol–water partition coefficient (Wildman–Crippen LogP) is 2.56. The largest absolute Gasteiger partial charge is 0.346 e. The van der Waals surface area contributed by atoms with Crippen LogP contribution in [0.15, 0.2) is 41.2 Å². The molecular weight excluding hydrogens is 324 g/mol. The third-order valence-electron chi connectivity index (χ3n) is 4.05. The molecule has 0 radical (unpaired) electrons. The fourth-order valence-corrected chi connectivity index (χ4v) is 2.69. The molecule has 8 nitrogen and oxygen atoms in total. The Morgan fingerprint density at radius 1 is 1.16 bits per heavy atom. The summed E-state index contributed by atoms with van der Waals surface area (Å²) in [6, 6.07) is 9.20. The van der Waals surface area contributed by atoms with Gasteiger partial charge in [0.1, 0.15) is 0 Å². The lowest BCUT2D eigenvalue weighted by Crippen LogP contribution is -2.27. The van der Waals surface area contributed by atoms with Gasteiger partial charge in [0.2, 0.25) is 0 Å². The molecule has 0 fully saturated rings. The van der Waals surface area contributed by atoms with Gasteiger partial charge >= 0.3 is 5.69 Å². The first-order valence-electron chi connectivity index (χ1n) is 7.63. The quantitative estimate of drug-likeness (QED) is 0.499. The standard InChI is InChI=1S/C17H16N4O4/c1-9-7-12(21(24)25)4-5-13(9)16(22)18-10(2)11-3-6-14-15(8-11)20-17(23)19-14/h3-8,10H,1-2H3,(H,18,22)(H2,19,20,23). The Bertz CT molecular complexity index is 1030. The van der Waals surface area contributed by atoms with Crippen LogP contribution in [0.5, 0.6) is 0 Å². The minimum absolute atomic E-state index is 0.0519. The van der Waals surface area contributed by atoms with Crippen molar-refractivity contribution in [1.29, 1.82) is 0 Å². The SMILES string of the molecule is Cc1cc([N+](=O)[O-])ccc1C(=O)NC(C)c1ccc2[nH]c(=O)[nH]c2c1. The van der Waals surface area contributed by atoms with Crippen LogP contribution in [0.4, 0.5) is 5.69 Å². The van der Waals surface area contributed by atoms with E-state index in [1.165, 1.54) is 18.2 Å². The number of amides is 1. The average Bonchev–Trinajstić information content (AvgIpc) is 2.93. The number of hydrogen-bond acceptors (Lipinski definition) is 4. The monoisotopic (exact) mass is 340 g/mol. The molecule has 2 aromatic carbocycles.